The molecule has 0 saturated carbocycles. The average molecular weight is 445 g/mol. The van der Waals surface area contributed by atoms with E-state index < -0.39 is 11.5 Å². The number of aliphatic hydroxyl groups is 1. The van der Waals surface area contributed by atoms with E-state index in [0.29, 0.717) is 56.4 Å². The van der Waals surface area contributed by atoms with Crippen molar-refractivity contribution in [3.05, 3.63) is 71.3 Å². The van der Waals surface area contributed by atoms with Crippen molar-refractivity contribution in [3.63, 3.8) is 0 Å². The van der Waals surface area contributed by atoms with E-state index in [1.165, 1.54) is 41.3 Å². The van der Waals surface area contributed by atoms with Crippen LogP contribution < -0.4 is 0 Å². The smallest absolute Gasteiger partial charge is 0.232 e. The van der Waals surface area contributed by atoms with Crippen LogP contribution in [0.3, 0.4) is 0 Å². The maximum absolute atomic E-state index is 13.4. The van der Waals surface area contributed by atoms with Gasteiger partial charge in [-0.15, -0.1) is 0 Å². The molecule has 0 bridgehead atoms. The third kappa shape index (κ3) is 5.78. The molecule has 1 fully saturated rings. The number of carbonyl (C=O) groups excluding carboxylic acids is 2. The van der Waals surface area contributed by atoms with Gasteiger partial charge in [-0.3, -0.25) is 9.59 Å². The van der Waals surface area contributed by atoms with Gasteiger partial charge in [0.25, 0.3) is 0 Å². The number of benzene rings is 2. The molecule has 5 nitrogen and oxygen atoms in total. The zero-order valence-electron chi connectivity index (χ0n) is 18.6. The van der Waals surface area contributed by atoms with Crippen molar-refractivity contribution in [2.24, 2.45) is 0 Å². The van der Waals surface area contributed by atoms with Gasteiger partial charge in [0.1, 0.15) is 11.6 Å². The summed E-state index contributed by atoms with van der Waals surface area (Å²) in [5.74, 6) is -1.75. The summed E-state index contributed by atoms with van der Waals surface area (Å²) in [6, 6.07) is 11.3. The molecule has 1 saturated heterocycles. The van der Waals surface area contributed by atoms with Crippen LogP contribution in [0.15, 0.2) is 48.5 Å². The number of ketones is 1. The Morgan fingerprint density at radius 2 is 1.53 bits per heavy atom. The van der Waals surface area contributed by atoms with Crippen LogP contribution in [0.5, 0.6) is 0 Å². The molecule has 1 aliphatic heterocycles. The summed E-state index contributed by atoms with van der Waals surface area (Å²) >= 11 is 0. The van der Waals surface area contributed by atoms with E-state index in [1.54, 1.807) is 26.2 Å². The molecule has 1 aliphatic rings. The van der Waals surface area contributed by atoms with Gasteiger partial charge in [0, 0.05) is 39.2 Å². The summed E-state index contributed by atoms with van der Waals surface area (Å²) in [4.78, 5) is 28.8. The zero-order valence-corrected chi connectivity index (χ0v) is 18.6. The Balaban J connectivity index is 1.58. The second-order valence-corrected chi connectivity index (χ2v) is 8.70. The number of Topliss-reactive ketones (excluding diaryl/α,β-unsaturated/α-hetero) is 1. The summed E-state index contributed by atoms with van der Waals surface area (Å²) in [6.07, 6.45) is 1.83. The molecule has 0 aromatic heterocycles. The van der Waals surface area contributed by atoms with Crippen LogP contribution in [-0.2, 0) is 4.79 Å². The molecule has 32 heavy (non-hydrogen) atoms. The lowest BCUT2D eigenvalue weighted by molar-refractivity contribution is -0.140. The summed E-state index contributed by atoms with van der Waals surface area (Å²) < 4.78 is 26.4. The molecule has 7 heteroatoms. The van der Waals surface area contributed by atoms with Crippen LogP contribution in [0.1, 0.15) is 47.5 Å². The van der Waals surface area contributed by atoms with Gasteiger partial charge in [-0.2, -0.15) is 0 Å². The monoisotopic (exact) mass is 444 g/mol. The van der Waals surface area contributed by atoms with Gasteiger partial charge in [0.05, 0.1) is 11.5 Å². The van der Waals surface area contributed by atoms with E-state index in [4.69, 9.17) is 0 Å². The highest BCUT2D eigenvalue weighted by Gasteiger charge is 2.45. The number of carbonyl (C=O) groups is 2. The van der Waals surface area contributed by atoms with Crippen LogP contribution in [0, 0.1) is 11.6 Å². The normalized spacial score (nSPS) is 17.0. The minimum absolute atomic E-state index is 0.0218. The summed E-state index contributed by atoms with van der Waals surface area (Å²) in [5, 5.41) is 11.4. The van der Waals surface area contributed by atoms with E-state index in [2.05, 4.69) is 4.90 Å². The van der Waals surface area contributed by atoms with Gasteiger partial charge in [-0.25, -0.2) is 8.78 Å². The van der Waals surface area contributed by atoms with Crippen molar-refractivity contribution in [2.75, 3.05) is 33.7 Å². The Hall–Kier alpha value is -2.64. The maximum atomic E-state index is 13.4. The van der Waals surface area contributed by atoms with Gasteiger partial charge in [0.15, 0.2) is 5.78 Å². The number of likely N-dealkylation sites (N-methyl/N-ethyl adjacent to an activating group) is 1. The lowest BCUT2D eigenvalue weighted by Crippen LogP contribution is -2.52. The first kappa shape index (κ1) is 24.0. The van der Waals surface area contributed by atoms with Crippen molar-refractivity contribution in [1.29, 1.82) is 0 Å². The molecule has 1 N–H and O–H groups in total. The highest BCUT2D eigenvalue weighted by atomic mass is 19.1. The van der Waals surface area contributed by atoms with Crippen LogP contribution >= 0.6 is 0 Å². The summed E-state index contributed by atoms with van der Waals surface area (Å²) in [6.45, 7) is 1.89. The average Bonchev–Trinajstić information content (AvgIpc) is 2.77. The van der Waals surface area contributed by atoms with E-state index in [-0.39, 0.29) is 23.3 Å². The van der Waals surface area contributed by atoms with Crippen molar-refractivity contribution < 1.29 is 23.5 Å². The molecule has 2 aromatic carbocycles. The molecule has 0 spiro atoms. The molecule has 172 valence electrons. The minimum Gasteiger partial charge on any atom is -0.389 e. The summed E-state index contributed by atoms with van der Waals surface area (Å²) in [5.41, 5.74) is -0.116. The van der Waals surface area contributed by atoms with Crippen LogP contribution in [0.2, 0.25) is 0 Å². The number of rotatable bonds is 8. The molecule has 1 unspecified atom stereocenters. The molecule has 2 aromatic rings. The highest BCUT2D eigenvalue weighted by Crippen LogP contribution is 2.38. The molecule has 1 heterocycles. The molecule has 3 rings (SSSR count). The lowest BCUT2D eigenvalue weighted by Gasteiger charge is -2.43. The Kier molecular flexibility index (Phi) is 7.74. The first-order valence-electron chi connectivity index (χ1n) is 10.9. The molecule has 0 aliphatic carbocycles. The molecule has 1 amide bonds. The predicted octanol–water partition coefficient (Wildman–Crippen LogP) is 3.63. The van der Waals surface area contributed by atoms with Crippen LogP contribution in [0.25, 0.3) is 0 Å². The number of hydrogen-bond acceptors (Lipinski definition) is 4. The van der Waals surface area contributed by atoms with Crippen molar-refractivity contribution in [2.45, 2.75) is 37.2 Å². The maximum Gasteiger partial charge on any atom is 0.232 e. The van der Waals surface area contributed by atoms with Crippen molar-refractivity contribution in [3.8, 4) is 0 Å². The van der Waals surface area contributed by atoms with Crippen LogP contribution in [0.4, 0.5) is 8.78 Å². The number of hydrogen-bond donors (Lipinski definition) is 1. The Morgan fingerprint density at radius 1 is 1.00 bits per heavy atom. The molecular weight excluding hydrogens is 414 g/mol. The number of amides is 1. The van der Waals surface area contributed by atoms with E-state index in [9.17, 15) is 23.5 Å². The number of likely N-dealkylation sites (tertiary alicyclic amines) is 1. The second kappa shape index (κ2) is 10.3. The fraction of sp³-hybridized carbons (Fsp3) is 0.440. The summed E-state index contributed by atoms with van der Waals surface area (Å²) in [7, 11) is 3.30. The van der Waals surface area contributed by atoms with E-state index in [0.717, 1.165) is 0 Å². The fourth-order valence-electron chi connectivity index (χ4n) is 4.29. The Labute approximate surface area is 187 Å². The van der Waals surface area contributed by atoms with Crippen LogP contribution in [-0.4, -0.2) is 65.9 Å². The molecule has 0 radical (unpaired) electrons. The SMILES string of the molecule is CN(C)C(=O)C(c1ccc(F)cc1)C1(O)CCN(CCCC(=O)c2ccc(F)cc2)CC1. The second-order valence-electron chi connectivity index (χ2n) is 8.70. The fourth-order valence-corrected chi connectivity index (χ4v) is 4.29. The van der Waals surface area contributed by atoms with E-state index in [1.807, 2.05) is 0 Å². The van der Waals surface area contributed by atoms with Crippen molar-refractivity contribution >= 4 is 11.7 Å². The van der Waals surface area contributed by atoms with Gasteiger partial charge in [-0.05, 0) is 67.8 Å². The van der Waals surface area contributed by atoms with Gasteiger partial charge in [0.2, 0.25) is 5.91 Å². The largest absolute Gasteiger partial charge is 0.389 e. The Bertz CT molecular complexity index is 921. The number of nitrogens with zero attached hydrogens (tertiary/aromatic N) is 2. The van der Waals surface area contributed by atoms with E-state index >= 15 is 0 Å². The molecular formula is C25H30F2N2O3. The van der Waals surface area contributed by atoms with Gasteiger partial charge in [-0.1, -0.05) is 12.1 Å². The standard InChI is InChI=1S/C25H30F2N2O3/c1-28(2)24(31)23(19-7-11-21(27)12-8-19)25(32)13-16-29(17-14-25)15-3-4-22(30)18-5-9-20(26)10-6-18/h5-12,23,32H,3-4,13-17H2,1-2H3. The topological polar surface area (TPSA) is 60.9 Å². The Morgan fingerprint density at radius 3 is 2.06 bits per heavy atom. The zero-order chi connectivity index (χ0) is 23.3. The highest BCUT2D eigenvalue weighted by molar-refractivity contribution is 5.95. The predicted molar refractivity (Wildman–Crippen MR) is 118 cm³/mol. The quantitative estimate of drug-likeness (QED) is 0.632. The number of piperidine rings is 1. The third-order valence-corrected chi connectivity index (χ3v) is 6.19. The lowest BCUT2D eigenvalue weighted by atomic mass is 9.75. The third-order valence-electron chi connectivity index (χ3n) is 6.19. The van der Waals surface area contributed by atoms with Crippen molar-refractivity contribution in [1.82, 2.24) is 9.80 Å². The first-order chi connectivity index (χ1) is 15.2. The molecule has 1 atom stereocenters. The van der Waals surface area contributed by atoms with Gasteiger partial charge >= 0.3 is 0 Å². The minimum atomic E-state index is -1.22. The number of halogens is 2. The first-order valence-corrected chi connectivity index (χ1v) is 10.9. The van der Waals surface area contributed by atoms with Gasteiger partial charge < -0.3 is 14.9 Å².